The summed E-state index contributed by atoms with van der Waals surface area (Å²) in [7, 11) is 0. The highest BCUT2D eigenvalue weighted by atomic mass is 32.1. The molecule has 0 unspecified atom stereocenters. The third-order valence-electron chi connectivity index (χ3n) is 3.40. The van der Waals surface area contributed by atoms with Gasteiger partial charge in [-0.05, 0) is 31.0 Å². The molecule has 0 aliphatic heterocycles. The van der Waals surface area contributed by atoms with E-state index in [1.54, 1.807) is 19.1 Å². The van der Waals surface area contributed by atoms with E-state index in [-0.39, 0.29) is 5.56 Å². The van der Waals surface area contributed by atoms with Crippen LogP contribution in [0.2, 0.25) is 0 Å². The molecule has 0 spiro atoms. The second kappa shape index (κ2) is 5.53. The summed E-state index contributed by atoms with van der Waals surface area (Å²) in [5.41, 5.74) is 0.717. The molecule has 0 radical (unpaired) electrons. The Morgan fingerprint density at radius 3 is 2.86 bits per heavy atom. The van der Waals surface area contributed by atoms with Crippen molar-refractivity contribution < 1.29 is 9.53 Å². The molecule has 3 aromatic rings. The lowest BCUT2D eigenvalue weighted by Gasteiger charge is -2.04. The highest BCUT2D eigenvalue weighted by Crippen LogP contribution is 2.27. The SMILES string of the molecule is CCOC(=O)c1ccc2nc3sc(C(C)C)cc3c(=O)n2c1. The van der Waals surface area contributed by atoms with Crippen molar-refractivity contribution in [3.8, 4) is 0 Å². The van der Waals surface area contributed by atoms with Crippen LogP contribution in [0.15, 0.2) is 29.2 Å². The predicted octanol–water partition coefficient (Wildman–Crippen LogP) is 3.21. The van der Waals surface area contributed by atoms with Crippen LogP contribution in [0.4, 0.5) is 0 Å². The molecule has 0 amide bonds. The number of carbonyl (C=O) groups excluding carboxylic acids is 1. The van der Waals surface area contributed by atoms with Crippen LogP contribution in [0.25, 0.3) is 15.9 Å². The summed E-state index contributed by atoms with van der Waals surface area (Å²) < 4.78 is 6.38. The van der Waals surface area contributed by atoms with E-state index in [2.05, 4.69) is 18.8 Å². The molecule has 0 saturated heterocycles. The quantitative estimate of drug-likeness (QED) is 0.696. The topological polar surface area (TPSA) is 60.7 Å². The number of ether oxygens (including phenoxy) is 1. The molecule has 0 aliphatic carbocycles. The first-order chi connectivity index (χ1) is 10.5. The van der Waals surface area contributed by atoms with Crippen molar-refractivity contribution in [3.63, 3.8) is 0 Å². The van der Waals surface area contributed by atoms with E-state index in [9.17, 15) is 9.59 Å². The summed E-state index contributed by atoms with van der Waals surface area (Å²) in [6, 6.07) is 5.19. The Hall–Kier alpha value is -2.21. The van der Waals surface area contributed by atoms with Crippen molar-refractivity contribution in [2.75, 3.05) is 6.61 Å². The third-order valence-corrected chi connectivity index (χ3v) is 4.73. The largest absolute Gasteiger partial charge is 0.462 e. The maximum atomic E-state index is 12.6. The second-order valence-corrected chi connectivity index (χ2v) is 6.37. The van der Waals surface area contributed by atoms with Gasteiger partial charge in [-0.25, -0.2) is 9.78 Å². The van der Waals surface area contributed by atoms with Crippen molar-refractivity contribution >= 4 is 33.2 Å². The van der Waals surface area contributed by atoms with Crippen LogP contribution in [-0.4, -0.2) is 22.0 Å². The lowest BCUT2D eigenvalue weighted by atomic mass is 10.2. The summed E-state index contributed by atoms with van der Waals surface area (Å²) in [4.78, 5) is 30.8. The van der Waals surface area contributed by atoms with Gasteiger partial charge in [0.25, 0.3) is 5.56 Å². The minimum Gasteiger partial charge on any atom is -0.462 e. The molecule has 0 fully saturated rings. The molecule has 0 aromatic carbocycles. The van der Waals surface area contributed by atoms with Gasteiger partial charge >= 0.3 is 5.97 Å². The number of esters is 1. The standard InChI is InChI=1S/C16H16N2O3S/c1-4-21-16(20)10-5-6-13-17-14-11(15(19)18(13)8-10)7-12(22-14)9(2)3/h5-9H,4H2,1-3H3. The average Bonchev–Trinajstić information content (AvgIpc) is 2.92. The minimum atomic E-state index is -0.440. The van der Waals surface area contributed by atoms with E-state index >= 15 is 0 Å². The Morgan fingerprint density at radius 2 is 2.18 bits per heavy atom. The third kappa shape index (κ3) is 2.39. The van der Waals surface area contributed by atoms with Crippen LogP contribution >= 0.6 is 11.3 Å². The molecule has 0 aliphatic rings. The van der Waals surface area contributed by atoms with Crippen molar-refractivity contribution in [2.24, 2.45) is 0 Å². The van der Waals surface area contributed by atoms with E-state index in [1.165, 1.54) is 21.9 Å². The van der Waals surface area contributed by atoms with Crippen molar-refractivity contribution in [3.05, 3.63) is 45.2 Å². The number of pyridine rings is 1. The van der Waals surface area contributed by atoms with Crippen molar-refractivity contribution in [1.29, 1.82) is 0 Å². The highest BCUT2D eigenvalue weighted by Gasteiger charge is 2.14. The summed E-state index contributed by atoms with van der Waals surface area (Å²) in [5.74, 6) is -0.0913. The minimum absolute atomic E-state index is 0.158. The number of rotatable bonds is 3. The first-order valence-electron chi connectivity index (χ1n) is 7.14. The molecular formula is C16H16N2O3S. The van der Waals surface area contributed by atoms with Gasteiger partial charge < -0.3 is 4.74 Å². The zero-order chi connectivity index (χ0) is 15.9. The van der Waals surface area contributed by atoms with Crippen LogP contribution < -0.4 is 5.56 Å². The lowest BCUT2D eigenvalue weighted by molar-refractivity contribution is 0.0525. The number of hydrogen-bond acceptors (Lipinski definition) is 5. The highest BCUT2D eigenvalue weighted by molar-refractivity contribution is 7.18. The number of nitrogens with zero attached hydrogens (tertiary/aromatic N) is 2. The van der Waals surface area contributed by atoms with E-state index in [1.807, 2.05) is 6.07 Å². The van der Waals surface area contributed by atoms with Crippen LogP contribution in [0, 0.1) is 0 Å². The smallest absolute Gasteiger partial charge is 0.339 e. The predicted molar refractivity (Wildman–Crippen MR) is 86.9 cm³/mol. The van der Waals surface area contributed by atoms with E-state index in [4.69, 9.17) is 4.74 Å². The molecule has 3 heterocycles. The molecule has 0 atom stereocenters. The Balaban J connectivity index is 2.24. The number of fused-ring (bicyclic) bond motifs is 2. The maximum Gasteiger partial charge on any atom is 0.339 e. The van der Waals surface area contributed by atoms with E-state index < -0.39 is 5.97 Å². The van der Waals surface area contributed by atoms with Crippen LogP contribution in [-0.2, 0) is 4.74 Å². The Kier molecular flexibility index (Phi) is 3.70. The Morgan fingerprint density at radius 1 is 1.41 bits per heavy atom. The van der Waals surface area contributed by atoms with Gasteiger partial charge in [-0.15, -0.1) is 11.3 Å². The van der Waals surface area contributed by atoms with Gasteiger partial charge in [0.15, 0.2) is 0 Å². The average molecular weight is 316 g/mol. The van der Waals surface area contributed by atoms with Crippen molar-refractivity contribution in [1.82, 2.24) is 9.38 Å². The first-order valence-corrected chi connectivity index (χ1v) is 7.96. The fraction of sp³-hybridized carbons (Fsp3) is 0.312. The molecule has 22 heavy (non-hydrogen) atoms. The summed E-state index contributed by atoms with van der Waals surface area (Å²) in [5, 5.41) is 0.590. The van der Waals surface area contributed by atoms with Gasteiger partial charge in [0.1, 0.15) is 10.5 Å². The Labute approximate surface area is 131 Å². The van der Waals surface area contributed by atoms with Gasteiger partial charge in [0.05, 0.1) is 17.6 Å². The number of aromatic nitrogens is 2. The first kappa shape index (κ1) is 14.7. The van der Waals surface area contributed by atoms with Gasteiger partial charge in [0.2, 0.25) is 0 Å². The summed E-state index contributed by atoms with van der Waals surface area (Å²) >= 11 is 1.54. The summed E-state index contributed by atoms with van der Waals surface area (Å²) in [6.07, 6.45) is 1.49. The van der Waals surface area contributed by atoms with Gasteiger partial charge in [0, 0.05) is 11.1 Å². The molecule has 5 nitrogen and oxygen atoms in total. The van der Waals surface area contributed by atoms with Gasteiger partial charge in [-0.1, -0.05) is 13.8 Å². The zero-order valence-electron chi connectivity index (χ0n) is 12.6. The fourth-order valence-electron chi connectivity index (χ4n) is 2.24. The normalized spacial score (nSPS) is 11.5. The molecule has 3 rings (SSSR count). The molecule has 0 bridgehead atoms. The van der Waals surface area contributed by atoms with Gasteiger partial charge in [-0.2, -0.15) is 0 Å². The number of carbonyl (C=O) groups is 1. The fourth-order valence-corrected chi connectivity index (χ4v) is 3.27. The molecule has 0 saturated carbocycles. The molecule has 3 aromatic heterocycles. The van der Waals surface area contributed by atoms with Crippen LogP contribution in [0.3, 0.4) is 0 Å². The molecule has 114 valence electrons. The van der Waals surface area contributed by atoms with Crippen molar-refractivity contribution in [2.45, 2.75) is 26.7 Å². The molecule has 0 N–H and O–H groups in total. The Bertz CT molecular complexity index is 924. The lowest BCUT2D eigenvalue weighted by Crippen LogP contribution is -2.16. The number of hydrogen-bond donors (Lipinski definition) is 0. The van der Waals surface area contributed by atoms with Crippen LogP contribution in [0.1, 0.15) is 41.9 Å². The molecule has 6 heteroatoms. The zero-order valence-corrected chi connectivity index (χ0v) is 13.4. The number of thiophene rings is 1. The van der Waals surface area contributed by atoms with Crippen LogP contribution in [0.5, 0.6) is 0 Å². The van der Waals surface area contributed by atoms with E-state index in [0.717, 1.165) is 9.71 Å². The molecular weight excluding hydrogens is 300 g/mol. The summed E-state index contributed by atoms with van der Waals surface area (Å²) in [6.45, 7) is 6.21. The van der Waals surface area contributed by atoms with E-state index in [0.29, 0.717) is 29.1 Å². The monoisotopic (exact) mass is 316 g/mol. The second-order valence-electron chi connectivity index (χ2n) is 5.31. The maximum absolute atomic E-state index is 12.6. The van der Waals surface area contributed by atoms with Gasteiger partial charge in [-0.3, -0.25) is 9.20 Å².